The van der Waals surface area contributed by atoms with Crippen molar-refractivity contribution in [1.29, 1.82) is 0 Å². The van der Waals surface area contributed by atoms with E-state index in [0.29, 0.717) is 6.42 Å². The number of carbonyl (C=O) groups excluding carboxylic acids is 1. The number of benzene rings is 2. The normalized spacial score (nSPS) is 12.0. The fraction of sp³-hybridized carbons (Fsp3) is 0.188. The molecule has 21 heavy (non-hydrogen) atoms. The molecule has 0 heterocycles. The maximum atomic E-state index is 13.9. The summed E-state index contributed by atoms with van der Waals surface area (Å²) >= 11 is 3.05. The van der Waals surface area contributed by atoms with Crippen LogP contribution in [-0.4, -0.2) is 23.7 Å². The summed E-state index contributed by atoms with van der Waals surface area (Å²) < 4.78 is 14.1. The smallest absolute Gasteiger partial charge is 0.254 e. The van der Waals surface area contributed by atoms with E-state index in [4.69, 9.17) is 0 Å². The molecule has 0 aromatic heterocycles. The maximum Gasteiger partial charge on any atom is 0.254 e. The van der Waals surface area contributed by atoms with Crippen LogP contribution in [-0.2, 0) is 6.42 Å². The van der Waals surface area contributed by atoms with Crippen LogP contribution >= 0.6 is 15.9 Å². The first-order valence-electron chi connectivity index (χ1n) is 6.51. The molecular weight excluding hydrogens is 337 g/mol. The molecule has 0 aliphatic carbocycles. The van der Waals surface area contributed by atoms with E-state index in [0.717, 1.165) is 5.56 Å². The van der Waals surface area contributed by atoms with Gasteiger partial charge in [0.1, 0.15) is 5.82 Å². The molecule has 110 valence electrons. The second-order valence-corrected chi connectivity index (χ2v) is 5.50. The lowest BCUT2D eigenvalue weighted by Gasteiger charge is -2.17. The van der Waals surface area contributed by atoms with Gasteiger partial charge in [0.05, 0.1) is 22.7 Å². The fourth-order valence-electron chi connectivity index (χ4n) is 2.00. The Kier molecular flexibility index (Phi) is 5.47. The summed E-state index contributed by atoms with van der Waals surface area (Å²) in [7, 11) is 0. The molecule has 0 aliphatic rings. The highest BCUT2D eigenvalue weighted by Gasteiger charge is 2.17. The highest BCUT2D eigenvalue weighted by molar-refractivity contribution is 9.10. The monoisotopic (exact) mass is 351 g/mol. The van der Waals surface area contributed by atoms with Crippen molar-refractivity contribution in [2.24, 2.45) is 0 Å². The van der Waals surface area contributed by atoms with Gasteiger partial charge in [-0.25, -0.2) is 4.39 Å². The van der Waals surface area contributed by atoms with E-state index >= 15 is 0 Å². The minimum Gasteiger partial charge on any atom is -0.394 e. The average Bonchev–Trinajstić information content (AvgIpc) is 2.50. The topological polar surface area (TPSA) is 49.3 Å². The Morgan fingerprint density at radius 2 is 1.90 bits per heavy atom. The molecule has 5 heteroatoms. The van der Waals surface area contributed by atoms with E-state index in [-0.39, 0.29) is 16.6 Å². The summed E-state index contributed by atoms with van der Waals surface area (Å²) in [6.07, 6.45) is 0.485. The van der Waals surface area contributed by atoms with E-state index in [1.165, 1.54) is 12.1 Å². The Morgan fingerprint density at radius 3 is 2.57 bits per heavy atom. The number of hydrogen-bond acceptors (Lipinski definition) is 2. The number of aliphatic hydroxyl groups excluding tert-OH is 1. The summed E-state index contributed by atoms with van der Waals surface area (Å²) in [6, 6.07) is 13.6. The molecule has 2 rings (SSSR count). The van der Waals surface area contributed by atoms with Gasteiger partial charge in [-0.1, -0.05) is 36.4 Å². The Balaban J connectivity index is 2.08. The molecule has 2 aromatic carbocycles. The molecule has 2 aromatic rings. The molecule has 2 N–H and O–H groups in total. The Morgan fingerprint density at radius 1 is 1.19 bits per heavy atom. The van der Waals surface area contributed by atoms with Crippen LogP contribution in [0.3, 0.4) is 0 Å². The minimum atomic E-state index is -0.605. The predicted molar refractivity (Wildman–Crippen MR) is 82.6 cm³/mol. The molecule has 1 amide bonds. The molecule has 1 atom stereocenters. The SMILES string of the molecule is O=C(N[C@H](CO)Cc1ccccc1)c1cccc(Br)c1F. The van der Waals surface area contributed by atoms with Crippen molar-refractivity contribution in [3.63, 3.8) is 0 Å². The van der Waals surface area contributed by atoms with E-state index in [1.807, 2.05) is 30.3 Å². The molecule has 3 nitrogen and oxygen atoms in total. The zero-order valence-electron chi connectivity index (χ0n) is 11.2. The van der Waals surface area contributed by atoms with Crippen molar-refractivity contribution < 1.29 is 14.3 Å². The van der Waals surface area contributed by atoms with Crippen LogP contribution < -0.4 is 5.32 Å². The number of aliphatic hydroxyl groups is 1. The number of hydrogen-bond donors (Lipinski definition) is 2. The van der Waals surface area contributed by atoms with E-state index in [9.17, 15) is 14.3 Å². The van der Waals surface area contributed by atoms with Gasteiger partial charge in [0.15, 0.2) is 0 Å². The lowest BCUT2D eigenvalue weighted by molar-refractivity contribution is 0.0912. The zero-order chi connectivity index (χ0) is 15.2. The van der Waals surface area contributed by atoms with Crippen molar-refractivity contribution in [3.05, 3.63) is 69.9 Å². The summed E-state index contributed by atoms with van der Waals surface area (Å²) in [6.45, 7) is -0.212. The molecular formula is C16H15BrFNO2. The van der Waals surface area contributed by atoms with Crippen LogP contribution in [0.1, 0.15) is 15.9 Å². The number of amides is 1. The first-order valence-corrected chi connectivity index (χ1v) is 7.30. The van der Waals surface area contributed by atoms with Gasteiger partial charge in [0, 0.05) is 0 Å². The molecule has 0 fully saturated rings. The first kappa shape index (κ1) is 15.7. The number of rotatable bonds is 5. The fourth-order valence-corrected chi connectivity index (χ4v) is 2.37. The van der Waals surface area contributed by atoms with Crippen molar-refractivity contribution in [1.82, 2.24) is 5.32 Å². The van der Waals surface area contributed by atoms with Crippen molar-refractivity contribution in [3.8, 4) is 0 Å². The zero-order valence-corrected chi connectivity index (χ0v) is 12.8. The average molecular weight is 352 g/mol. The lowest BCUT2D eigenvalue weighted by atomic mass is 10.1. The third kappa shape index (κ3) is 4.12. The third-order valence-corrected chi connectivity index (χ3v) is 3.69. The van der Waals surface area contributed by atoms with E-state index in [1.54, 1.807) is 6.07 Å². The van der Waals surface area contributed by atoms with Crippen LogP contribution in [0, 0.1) is 5.82 Å². The minimum absolute atomic E-state index is 0.0455. The first-order chi connectivity index (χ1) is 10.1. The summed E-state index contributed by atoms with van der Waals surface area (Å²) in [4.78, 5) is 12.1. The summed E-state index contributed by atoms with van der Waals surface area (Å²) in [5, 5.41) is 12.0. The largest absolute Gasteiger partial charge is 0.394 e. The quantitative estimate of drug-likeness (QED) is 0.869. The standard InChI is InChI=1S/C16H15BrFNO2/c17-14-8-4-7-13(15(14)18)16(21)19-12(10-20)9-11-5-2-1-3-6-11/h1-8,12,20H,9-10H2,(H,19,21)/t12-/m0/s1. The molecule has 0 aliphatic heterocycles. The molecule has 0 saturated heterocycles. The molecule has 0 spiro atoms. The molecule has 0 unspecified atom stereocenters. The van der Waals surface area contributed by atoms with Crippen LogP contribution in [0.25, 0.3) is 0 Å². The van der Waals surface area contributed by atoms with E-state index in [2.05, 4.69) is 21.2 Å². The summed E-state index contributed by atoms with van der Waals surface area (Å²) in [5.74, 6) is -1.14. The third-order valence-electron chi connectivity index (χ3n) is 3.08. The van der Waals surface area contributed by atoms with Gasteiger partial charge in [0.25, 0.3) is 5.91 Å². The Hall–Kier alpha value is -1.72. The van der Waals surface area contributed by atoms with Crippen molar-refractivity contribution >= 4 is 21.8 Å². The highest BCUT2D eigenvalue weighted by atomic mass is 79.9. The molecule has 0 radical (unpaired) electrons. The number of nitrogens with one attached hydrogen (secondary N) is 1. The van der Waals surface area contributed by atoms with Gasteiger partial charge in [-0.05, 0) is 40.0 Å². The summed E-state index contributed by atoms with van der Waals surface area (Å²) in [5.41, 5.74) is 0.947. The van der Waals surface area contributed by atoms with Crippen LogP contribution in [0.15, 0.2) is 53.0 Å². The van der Waals surface area contributed by atoms with Gasteiger partial charge >= 0.3 is 0 Å². The van der Waals surface area contributed by atoms with Gasteiger partial charge in [-0.2, -0.15) is 0 Å². The van der Waals surface area contributed by atoms with Gasteiger partial charge < -0.3 is 10.4 Å². The van der Waals surface area contributed by atoms with Gasteiger partial charge in [-0.15, -0.1) is 0 Å². The van der Waals surface area contributed by atoms with Crippen LogP contribution in [0.4, 0.5) is 4.39 Å². The van der Waals surface area contributed by atoms with Crippen LogP contribution in [0.5, 0.6) is 0 Å². The number of carbonyl (C=O) groups is 1. The highest BCUT2D eigenvalue weighted by Crippen LogP contribution is 2.18. The Bertz CT molecular complexity index is 619. The molecule has 0 bridgehead atoms. The van der Waals surface area contributed by atoms with Crippen molar-refractivity contribution in [2.45, 2.75) is 12.5 Å². The lowest BCUT2D eigenvalue weighted by Crippen LogP contribution is -2.39. The van der Waals surface area contributed by atoms with E-state index < -0.39 is 17.8 Å². The predicted octanol–water partition coefficient (Wildman–Crippen LogP) is 2.92. The van der Waals surface area contributed by atoms with Crippen molar-refractivity contribution in [2.75, 3.05) is 6.61 Å². The second-order valence-electron chi connectivity index (χ2n) is 4.64. The van der Waals surface area contributed by atoms with Gasteiger partial charge in [0.2, 0.25) is 0 Å². The Labute approximate surface area is 130 Å². The number of halogens is 2. The second kappa shape index (κ2) is 7.33. The van der Waals surface area contributed by atoms with Crippen LogP contribution in [0.2, 0.25) is 0 Å². The maximum absolute atomic E-state index is 13.9. The molecule has 0 saturated carbocycles. The van der Waals surface area contributed by atoms with Gasteiger partial charge in [-0.3, -0.25) is 4.79 Å².